The molecule has 1 aromatic carbocycles. The van der Waals surface area contributed by atoms with Gasteiger partial charge in [0.05, 0.1) is 11.0 Å². The number of non-ortho nitro benzene ring substituents is 1. The first kappa shape index (κ1) is 17.5. The Labute approximate surface area is 125 Å². The van der Waals surface area contributed by atoms with Crippen molar-refractivity contribution in [2.75, 3.05) is 20.1 Å². The summed E-state index contributed by atoms with van der Waals surface area (Å²) in [5.74, 6) is -0.570. The van der Waals surface area contributed by atoms with E-state index in [1.165, 1.54) is 12.1 Å². The Balaban J connectivity index is 2.28. The maximum Gasteiger partial charge on any atom is 0.272 e. The number of unbranched alkanes of at least 4 members (excludes halogenated alkanes) is 1. The number of nitro groups is 1. The van der Waals surface area contributed by atoms with Crippen LogP contribution in [0.2, 0.25) is 0 Å². The van der Waals surface area contributed by atoms with Crippen molar-refractivity contribution in [1.29, 1.82) is 0 Å². The van der Waals surface area contributed by atoms with Gasteiger partial charge in [-0.05, 0) is 58.5 Å². The van der Waals surface area contributed by atoms with Crippen LogP contribution in [0, 0.1) is 15.9 Å². The zero-order chi connectivity index (χ0) is 15.8. The summed E-state index contributed by atoms with van der Waals surface area (Å²) in [6.07, 6.45) is 2.11. The van der Waals surface area contributed by atoms with Crippen molar-refractivity contribution in [2.45, 2.75) is 39.3 Å². The first-order chi connectivity index (χ1) is 9.90. The molecule has 0 radical (unpaired) electrons. The number of halogens is 1. The second-order valence-electron chi connectivity index (χ2n) is 5.53. The third kappa shape index (κ3) is 6.64. The van der Waals surface area contributed by atoms with E-state index in [2.05, 4.69) is 31.1 Å². The SMILES string of the molecule is CC(C)N(C)CCCCNCc1cc(F)cc([N+](=O)[O-])c1. The molecule has 0 saturated carbocycles. The monoisotopic (exact) mass is 297 g/mol. The number of hydrogen-bond acceptors (Lipinski definition) is 4. The highest BCUT2D eigenvalue weighted by atomic mass is 19.1. The summed E-state index contributed by atoms with van der Waals surface area (Å²) in [6, 6.07) is 4.21. The Kier molecular flexibility index (Phi) is 7.25. The lowest BCUT2D eigenvalue weighted by atomic mass is 10.2. The van der Waals surface area contributed by atoms with Crippen molar-refractivity contribution in [3.05, 3.63) is 39.7 Å². The van der Waals surface area contributed by atoms with E-state index in [0.717, 1.165) is 32.0 Å². The third-order valence-electron chi connectivity index (χ3n) is 3.48. The van der Waals surface area contributed by atoms with E-state index in [4.69, 9.17) is 0 Å². The molecule has 0 saturated heterocycles. The maximum absolute atomic E-state index is 13.2. The molecule has 0 atom stereocenters. The average Bonchev–Trinajstić information content (AvgIpc) is 2.41. The molecule has 118 valence electrons. The van der Waals surface area contributed by atoms with E-state index in [1.807, 2.05) is 0 Å². The van der Waals surface area contributed by atoms with Gasteiger partial charge in [-0.2, -0.15) is 0 Å². The Morgan fingerprint density at radius 1 is 1.33 bits per heavy atom. The second-order valence-corrected chi connectivity index (χ2v) is 5.53. The van der Waals surface area contributed by atoms with Crippen molar-refractivity contribution in [3.8, 4) is 0 Å². The van der Waals surface area contributed by atoms with Gasteiger partial charge < -0.3 is 10.2 Å². The lowest BCUT2D eigenvalue weighted by Gasteiger charge is -2.20. The van der Waals surface area contributed by atoms with Crippen molar-refractivity contribution in [3.63, 3.8) is 0 Å². The van der Waals surface area contributed by atoms with Gasteiger partial charge >= 0.3 is 0 Å². The fourth-order valence-electron chi connectivity index (χ4n) is 1.94. The van der Waals surface area contributed by atoms with Gasteiger partial charge in [-0.3, -0.25) is 10.1 Å². The minimum Gasteiger partial charge on any atom is -0.313 e. The van der Waals surface area contributed by atoms with Gasteiger partial charge in [-0.25, -0.2) is 4.39 Å². The summed E-state index contributed by atoms with van der Waals surface area (Å²) >= 11 is 0. The van der Waals surface area contributed by atoms with E-state index >= 15 is 0 Å². The zero-order valence-corrected chi connectivity index (χ0v) is 12.9. The Morgan fingerprint density at radius 2 is 2.05 bits per heavy atom. The Bertz CT molecular complexity index is 466. The van der Waals surface area contributed by atoms with Crippen LogP contribution in [0.1, 0.15) is 32.3 Å². The van der Waals surface area contributed by atoms with Crippen molar-refractivity contribution in [2.24, 2.45) is 0 Å². The second kappa shape index (κ2) is 8.69. The highest BCUT2D eigenvalue weighted by Gasteiger charge is 2.09. The molecule has 0 aromatic heterocycles. The number of nitrogens with zero attached hydrogens (tertiary/aromatic N) is 2. The largest absolute Gasteiger partial charge is 0.313 e. The van der Waals surface area contributed by atoms with Crippen LogP contribution in [-0.4, -0.2) is 36.0 Å². The fraction of sp³-hybridized carbons (Fsp3) is 0.600. The lowest BCUT2D eigenvalue weighted by molar-refractivity contribution is -0.385. The Hall–Kier alpha value is -1.53. The van der Waals surface area contributed by atoms with Gasteiger partial charge in [-0.1, -0.05) is 0 Å². The summed E-state index contributed by atoms with van der Waals surface area (Å²) < 4.78 is 13.2. The standard InChI is InChI=1S/C15H24FN3O2/c1-12(2)18(3)7-5-4-6-17-11-13-8-14(16)10-15(9-13)19(20)21/h8-10,12,17H,4-7,11H2,1-3H3. The number of hydrogen-bond donors (Lipinski definition) is 1. The summed E-state index contributed by atoms with van der Waals surface area (Å²) in [5, 5.41) is 13.8. The number of rotatable bonds is 9. The van der Waals surface area contributed by atoms with Gasteiger partial charge in [-0.15, -0.1) is 0 Å². The highest BCUT2D eigenvalue weighted by Crippen LogP contribution is 2.16. The fourth-order valence-corrected chi connectivity index (χ4v) is 1.94. The molecule has 0 unspecified atom stereocenters. The minimum atomic E-state index is -0.575. The van der Waals surface area contributed by atoms with Crippen LogP contribution in [0.25, 0.3) is 0 Å². The first-order valence-electron chi connectivity index (χ1n) is 7.25. The molecule has 1 aromatic rings. The number of nitro benzene ring substituents is 1. The predicted molar refractivity (Wildman–Crippen MR) is 81.8 cm³/mol. The molecule has 1 rings (SSSR count). The van der Waals surface area contributed by atoms with Crippen LogP contribution in [0.5, 0.6) is 0 Å². The van der Waals surface area contributed by atoms with Crippen LogP contribution in [0.4, 0.5) is 10.1 Å². The summed E-state index contributed by atoms with van der Waals surface area (Å²) in [7, 11) is 2.10. The van der Waals surface area contributed by atoms with Gasteiger partial charge in [0.25, 0.3) is 5.69 Å². The molecule has 1 N–H and O–H groups in total. The first-order valence-corrected chi connectivity index (χ1v) is 7.25. The van der Waals surface area contributed by atoms with Crippen molar-refractivity contribution < 1.29 is 9.31 Å². The van der Waals surface area contributed by atoms with E-state index in [0.29, 0.717) is 18.2 Å². The minimum absolute atomic E-state index is 0.203. The zero-order valence-electron chi connectivity index (χ0n) is 12.9. The smallest absolute Gasteiger partial charge is 0.272 e. The number of nitrogens with one attached hydrogen (secondary N) is 1. The lowest BCUT2D eigenvalue weighted by Crippen LogP contribution is -2.27. The van der Waals surface area contributed by atoms with Crippen molar-refractivity contribution >= 4 is 5.69 Å². The van der Waals surface area contributed by atoms with E-state index in [1.54, 1.807) is 0 Å². The normalized spacial score (nSPS) is 11.3. The summed E-state index contributed by atoms with van der Waals surface area (Å²) in [4.78, 5) is 12.4. The molecular formula is C15H24FN3O2. The van der Waals surface area contributed by atoms with Gasteiger partial charge in [0.15, 0.2) is 0 Å². The average molecular weight is 297 g/mol. The van der Waals surface area contributed by atoms with Crippen molar-refractivity contribution in [1.82, 2.24) is 10.2 Å². The molecule has 0 spiro atoms. The number of benzene rings is 1. The summed E-state index contributed by atoms with van der Waals surface area (Å²) in [5.41, 5.74) is 0.395. The highest BCUT2D eigenvalue weighted by molar-refractivity contribution is 5.35. The van der Waals surface area contributed by atoms with Crippen LogP contribution in [-0.2, 0) is 6.54 Å². The molecular weight excluding hydrogens is 273 g/mol. The van der Waals surface area contributed by atoms with E-state index in [9.17, 15) is 14.5 Å². The van der Waals surface area contributed by atoms with Gasteiger partial charge in [0.2, 0.25) is 0 Å². The van der Waals surface area contributed by atoms with E-state index < -0.39 is 10.7 Å². The molecule has 0 amide bonds. The predicted octanol–water partition coefficient (Wildman–Crippen LogP) is 2.94. The van der Waals surface area contributed by atoms with Gasteiger partial charge in [0.1, 0.15) is 5.82 Å². The molecule has 21 heavy (non-hydrogen) atoms. The van der Waals surface area contributed by atoms with E-state index in [-0.39, 0.29) is 5.69 Å². The molecule has 0 aliphatic rings. The molecule has 0 aliphatic heterocycles. The quantitative estimate of drug-likeness (QED) is 0.432. The van der Waals surface area contributed by atoms with Crippen LogP contribution >= 0.6 is 0 Å². The van der Waals surface area contributed by atoms with Crippen LogP contribution in [0.15, 0.2) is 18.2 Å². The third-order valence-corrected chi connectivity index (χ3v) is 3.48. The Morgan fingerprint density at radius 3 is 2.67 bits per heavy atom. The topological polar surface area (TPSA) is 58.4 Å². The molecule has 0 fully saturated rings. The molecule has 5 nitrogen and oxygen atoms in total. The van der Waals surface area contributed by atoms with Gasteiger partial charge in [0, 0.05) is 18.7 Å². The van der Waals surface area contributed by atoms with Crippen LogP contribution < -0.4 is 5.32 Å². The molecule has 0 bridgehead atoms. The maximum atomic E-state index is 13.2. The molecule has 0 heterocycles. The van der Waals surface area contributed by atoms with Crippen LogP contribution in [0.3, 0.4) is 0 Å². The summed E-state index contributed by atoms with van der Waals surface area (Å²) in [6.45, 7) is 6.63. The molecule has 6 heteroatoms. The molecule has 0 aliphatic carbocycles.